The largest absolute Gasteiger partial charge is 0.350 e. The normalized spacial score (nSPS) is 10.8. The van der Waals surface area contributed by atoms with E-state index >= 15 is 0 Å². The van der Waals surface area contributed by atoms with Gasteiger partial charge in [0.1, 0.15) is 0 Å². The molecule has 0 amide bonds. The van der Waals surface area contributed by atoms with Gasteiger partial charge < -0.3 is 5.32 Å². The molecule has 0 aliphatic carbocycles. The van der Waals surface area contributed by atoms with Crippen LogP contribution in [0, 0.1) is 6.92 Å². The summed E-state index contributed by atoms with van der Waals surface area (Å²) >= 11 is 3.41. The van der Waals surface area contributed by atoms with Crippen LogP contribution in [0.4, 0.5) is 11.8 Å². The van der Waals surface area contributed by atoms with Crippen LogP contribution in [-0.4, -0.2) is 16.2 Å². The quantitative estimate of drug-likeness (QED) is 0.472. The Bertz CT molecular complexity index is 847. The predicted molar refractivity (Wildman–Crippen MR) is 106 cm³/mol. The van der Waals surface area contributed by atoms with E-state index in [1.807, 2.05) is 55.5 Å². The predicted octanol–water partition coefficient (Wildman–Crippen LogP) is 4.61. The Balaban J connectivity index is 1.63. The average Bonchev–Trinajstić information content (AvgIpc) is 2.62. The summed E-state index contributed by atoms with van der Waals surface area (Å²) in [6, 6.07) is 19.9. The molecule has 2 aromatic carbocycles. The molecule has 2 N–H and O–H groups in total. The van der Waals surface area contributed by atoms with Gasteiger partial charge in [-0.25, -0.2) is 4.98 Å². The van der Waals surface area contributed by atoms with Crippen LogP contribution >= 0.6 is 15.9 Å². The molecule has 3 aromatic rings. The Morgan fingerprint density at radius 2 is 1.80 bits per heavy atom. The second-order valence-corrected chi connectivity index (χ2v) is 6.39. The van der Waals surface area contributed by atoms with Crippen molar-refractivity contribution in [1.82, 2.24) is 9.97 Å². The number of benzene rings is 2. The molecule has 0 saturated heterocycles. The molecule has 1 aromatic heterocycles. The Labute approximate surface area is 155 Å². The summed E-state index contributed by atoms with van der Waals surface area (Å²) in [5.74, 6) is 1.22. The van der Waals surface area contributed by atoms with E-state index in [1.54, 1.807) is 6.21 Å². The van der Waals surface area contributed by atoms with E-state index in [9.17, 15) is 0 Å². The van der Waals surface area contributed by atoms with Crippen molar-refractivity contribution in [3.8, 4) is 0 Å². The van der Waals surface area contributed by atoms with Gasteiger partial charge in [0.15, 0.2) is 5.82 Å². The summed E-state index contributed by atoms with van der Waals surface area (Å²) in [6.07, 6.45) is 1.75. The zero-order chi connectivity index (χ0) is 17.5. The van der Waals surface area contributed by atoms with E-state index in [4.69, 9.17) is 0 Å². The maximum absolute atomic E-state index is 4.44. The monoisotopic (exact) mass is 395 g/mol. The van der Waals surface area contributed by atoms with Crippen LogP contribution in [0.5, 0.6) is 0 Å². The molecular formula is C19H18BrN5. The Hall–Kier alpha value is -2.73. The topological polar surface area (TPSA) is 62.2 Å². The van der Waals surface area contributed by atoms with Crippen LogP contribution in [0.25, 0.3) is 0 Å². The zero-order valence-electron chi connectivity index (χ0n) is 13.8. The third kappa shape index (κ3) is 5.39. The molecule has 1 heterocycles. The molecule has 5 nitrogen and oxygen atoms in total. The minimum absolute atomic E-state index is 0.574. The molecule has 6 heteroatoms. The summed E-state index contributed by atoms with van der Waals surface area (Å²) in [5, 5.41) is 7.47. The van der Waals surface area contributed by atoms with E-state index in [0.29, 0.717) is 18.3 Å². The Morgan fingerprint density at radius 3 is 2.56 bits per heavy atom. The maximum Gasteiger partial charge on any atom is 0.225 e. The number of anilines is 2. The van der Waals surface area contributed by atoms with Crippen molar-refractivity contribution in [2.24, 2.45) is 5.10 Å². The van der Waals surface area contributed by atoms with Crippen LogP contribution in [-0.2, 0) is 6.54 Å². The first kappa shape index (κ1) is 17.1. The van der Waals surface area contributed by atoms with E-state index in [0.717, 1.165) is 15.7 Å². The highest BCUT2D eigenvalue weighted by Crippen LogP contribution is 2.12. The molecule has 0 saturated carbocycles. The molecule has 0 fully saturated rings. The lowest BCUT2D eigenvalue weighted by Crippen LogP contribution is -2.06. The van der Waals surface area contributed by atoms with Crippen LogP contribution in [0.1, 0.15) is 16.8 Å². The SMILES string of the molecule is Cc1cc(N/N=C/c2ccc(Br)cc2)nc(NCc2ccccc2)n1. The summed E-state index contributed by atoms with van der Waals surface area (Å²) in [7, 11) is 0. The Kier molecular flexibility index (Phi) is 5.74. The highest BCUT2D eigenvalue weighted by Gasteiger charge is 2.01. The fourth-order valence-corrected chi connectivity index (χ4v) is 2.47. The zero-order valence-corrected chi connectivity index (χ0v) is 15.4. The first-order valence-electron chi connectivity index (χ1n) is 7.87. The van der Waals surface area contributed by atoms with Gasteiger partial charge in [0.05, 0.1) is 6.21 Å². The lowest BCUT2D eigenvalue weighted by molar-refractivity contribution is 1.02. The second kappa shape index (κ2) is 8.39. The summed E-state index contributed by atoms with van der Waals surface area (Å²) in [5.41, 5.74) is 6.00. The van der Waals surface area contributed by atoms with Gasteiger partial charge in [0, 0.05) is 22.8 Å². The van der Waals surface area contributed by atoms with Gasteiger partial charge in [0.2, 0.25) is 5.95 Å². The molecule has 126 valence electrons. The van der Waals surface area contributed by atoms with Crippen molar-refractivity contribution in [2.75, 3.05) is 10.7 Å². The van der Waals surface area contributed by atoms with Gasteiger partial charge in [-0.2, -0.15) is 10.1 Å². The molecular weight excluding hydrogens is 378 g/mol. The maximum atomic E-state index is 4.44. The first-order valence-corrected chi connectivity index (χ1v) is 8.66. The van der Waals surface area contributed by atoms with Gasteiger partial charge >= 0.3 is 0 Å². The molecule has 0 atom stereocenters. The summed E-state index contributed by atoms with van der Waals surface area (Å²) < 4.78 is 1.04. The summed E-state index contributed by atoms with van der Waals surface area (Å²) in [4.78, 5) is 8.84. The van der Waals surface area contributed by atoms with Crippen LogP contribution in [0.15, 0.2) is 70.2 Å². The lowest BCUT2D eigenvalue weighted by atomic mass is 10.2. The second-order valence-electron chi connectivity index (χ2n) is 5.48. The minimum atomic E-state index is 0.574. The lowest BCUT2D eigenvalue weighted by Gasteiger charge is -2.08. The molecule has 0 bridgehead atoms. The van der Waals surface area contributed by atoms with Gasteiger partial charge in [-0.15, -0.1) is 0 Å². The van der Waals surface area contributed by atoms with Crippen molar-refractivity contribution in [3.05, 3.63) is 82.0 Å². The number of aromatic nitrogens is 2. The number of rotatable bonds is 6. The summed E-state index contributed by atoms with van der Waals surface area (Å²) in [6.45, 7) is 2.60. The molecule has 0 aliphatic heterocycles. The number of halogens is 1. The molecule has 0 spiro atoms. The number of hydrazone groups is 1. The van der Waals surface area contributed by atoms with Crippen LogP contribution in [0.2, 0.25) is 0 Å². The van der Waals surface area contributed by atoms with E-state index in [2.05, 4.69) is 53.9 Å². The van der Waals surface area contributed by atoms with Gasteiger partial charge in [-0.1, -0.05) is 58.4 Å². The van der Waals surface area contributed by atoms with Crippen LogP contribution < -0.4 is 10.7 Å². The number of aryl methyl sites for hydroxylation is 1. The van der Waals surface area contributed by atoms with Gasteiger partial charge in [0.25, 0.3) is 0 Å². The first-order chi connectivity index (χ1) is 12.2. The van der Waals surface area contributed by atoms with Crippen molar-refractivity contribution < 1.29 is 0 Å². The third-order valence-corrected chi connectivity index (χ3v) is 3.94. The molecule has 0 unspecified atom stereocenters. The van der Waals surface area contributed by atoms with E-state index in [-0.39, 0.29) is 0 Å². The van der Waals surface area contributed by atoms with Gasteiger partial charge in [-0.3, -0.25) is 5.43 Å². The molecule has 0 radical (unpaired) electrons. The van der Waals surface area contributed by atoms with Crippen molar-refractivity contribution >= 4 is 33.9 Å². The smallest absolute Gasteiger partial charge is 0.225 e. The average molecular weight is 396 g/mol. The fourth-order valence-electron chi connectivity index (χ4n) is 2.20. The minimum Gasteiger partial charge on any atom is -0.350 e. The highest BCUT2D eigenvalue weighted by molar-refractivity contribution is 9.10. The molecule has 0 aliphatic rings. The highest BCUT2D eigenvalue weighted by atomic mass is 79.9. The third-order valence-electron chi connectivity index (χ3n) is 3.41. The number of hydrogen-bond donors (Lipinski definition) is 2. The van der Waals surface area contributed by atoms with E-state index < -0.39 is 0 Å². The number of hydrogen-bond acceptors (Lipinski definition) is 5. The fraction of sp³-hybridized carbons (Fsp3) is 0.105. The Morgan fingerprint density at radius 1 is 1.04 bits per heavy atom. The van der Waals surface area contributed by atoms with Crippen molar-refractivity contribution in [3.63, 3.8) is 0 Å². The van der Waals surface area contributed by atoms with Gasteiger partial charge in [-0.05, 0) is 30.2 Å². The molecule has 3 rings (SSSR count). The van der Waals surface area contributed by atoms with Crippen LogP contribution in [0.3, 0.4) is 0 Å². The van der Waals surface area contributed by atoms with E-state index in [1.165, 1.54) is 5.56 Å². The number of nitrogens with one attached hydrogen (secondary N) is 2. The molecule has 25 heavy (non-hydrogen) atoms. The van der Waals surface area contributed by atoms with Crippen molar-refractivity contribution in [1.29, 1.82) is 0 Å². The standard InChI is InChI=1S/C19H18BrN5/c1-14-11-18(25-22-13-16-7-9-17(20)10-8-16)24-19(23-14)21-12-15-5-3-2-4-6-15/h2-11,13H,12H2,1H3,(H2,21,23,24,25)/b22-13+. The van der Waals surface area contributed by atoms with Crippen molar-refractivity contribution in [2.45, 2.75) is 13.5 Å². The number of nitrogens with zero attached hydrogens (tertiary/aromatic N) is 3.